The lowest BCUT2D eigenvalue weighted by Gasteiger charge is -2.31. The van der Waals surface area contributed by atoms with Crippen LogP contribution in [0, 0.1) is 0 Å². The highest BCUT2D eigenvalue weighted by molar-refractivity contribution is 5.97. The number of imidazole rings is 1. The minimum absolute atomic E-state index is 0.0624. The highest BCUT2D eigenvalue weighted by atomic mass is 16.5. The zero-order valence-corrected chi connectivity index (χ0v) is 16.0. The number of piperazine rings is 1. The molecule has 8 heteroatoms. The molecule has 0 saturated carbocycles. The molecule has 0 aliphatic carbocycles. The Kier molecular flexibility index (Phi) is 4.22. The van der Waals surface area contributed by atoms with Gasteiger partial charge in [-0.1, -0.05) is 18.2 Å². The molecule has 0 amide bonds. The molecule has 4 aromatic rings. The maximum atomic E-state index is 12.7. The summed E-state index contributed by atoms with van der Waals surface area (Å²) in [6, 6.07) is 13.1. The zero-order valence-electron chi connectivity index (χ0n) is 16.0. The summed E-state index contributed by atoms with van der Waals surface area (Å²) in [5.41, 5.74) is 9.04. The second-order valence-electron chi connectivity index (χ2n) is 7.38. The van der Waals surface area contributed by atoms with E-state index in [-0.39, 0.29) is 11.8 Å². The van der Waals surface area contributed by atoms with Gasteiger partial charge in [0, 0.05) is 31.1 Å². The summed E-state index contributed by atoms with van der Waals surface area (Å²) < 4.78 is 6.06. The quantitative estimate of drug-likeness (QED) is 0.425. The maximum absolute atomic E-state index is 12.7. The second kappa shape index (κ2) is 6.91. The number of hydrogen-bond acceptors (Lipinski definition) is 6. The number of nitrogen functional groups attached to an aromatic ring is 1. The van der Waals surface area contributed by atoms with Crippen molar-refractivity contribution in [3.05, 3.63) is 52.8 Å². The average molecular weight is 390 g/mol. The number of nitrogens with zero attached hydrogens (tertiary/aromatic N) is 2. The molecule has 2 aromatic carbocycles. The number of likely N-dealkylation sites (N-methyl/N-ethyl adjacent to an activating group) is 1. The Hall–Kier alpha value is -3.36. The molecule has 1 fully saturated rings. The molecule has 5 N–H and O–H groups in total. The number of hydrogen-bond donors (Lipinski definition) is 4. The minimum Gasteiger partial charge on any atom is -0.474 e. The van der Waals surface area contributed by atoms with Crippen molar-refractivity contribution < 1.29 is 4.74 Å². The first-order chi connectivity index (χ1) is 14.1. The van der Waals surface area contributed by atoms with Crippen molar-refractivity contribution in [2.75, 3.05) is 32.4 Å². The smallest absolute Gasteiger partial charge is 0.261 e. The van der Waals surface area contributed by atoms with E-state index in [1.807, 2.05) is 42.5 Å². The second-order valence-corrected chi connectivity index (χ2v) is 7.38. The third kappa shape index (κ3) is 3.22. The van der Waals surface area contributed by atoms with Gasteiger partial charge >= 0.3 is 0 Å². The molecule has 5 rings (SSSR count). The zero-order chi connectivity index (χ0) is 20.0. The van der Waals surface area contributed by atoms with E-state index in [1.54, 1.807) is 0 Å². The van der Waals surface area contributed by atoms with Gasteiger partial charge in [0.25, 0.3) is 5.56 Å². The fraction of sp³-hybridized carbons (Fsp3) is 0.238. The van der Waals surface area contributed by atoms with Crippen molar-refractivity contribution >= 4 is 27.6 Å². The molecular formula is C21H22N6O2. The molecule has 1 aliphatic heterocycles. The van der Waals surface area contributed by atoms with Crippen LogP contribution in [0.15, 0.2) is 47.3 Å². The fourth-order valence-electron chi connectivity index (χ4n) is 3.78. The first-order valence-corrected chi connectivity index (χ1v) is 9.58. The molecule has 1 atom stereocenters. The van der Waals surface area contributed by atoms with Crippen molar-refractivity contribution in [2.45, 2.75) is 6.23 Å². The van der Waals surface area contributed by atoms with Gasteiger partial charge in [-0.05, 0) is 25.2 Å². The van der Waals surface area contributed by atoms with Crippen LogP contribution in [0.5, 0.6) is 5.75 Å². The number of benzene rings is 2. The van der Waals surface area contributed by atoms with Gasteiger partial charge in [-0.25, -0.2) is 4.98 Å². The molecule has 1 aliphatic rings. The molecular weight excluding hydrogens is 368 g/mol. The largest absolute Gasteiger partial charge is 0.474 e. The Labute approximate surface area is 166 Å². The number of para-hydroxylation sites is 1. The molecule has 3 heterocycles. The van der Waals surface area contributed by atoms with Crippen LogP contribution in [0.25, 0.3) is 33.3 Å². The van der Waals surface area contributed by atoms with E-state index in [0.717, 1.165) is 41.8 Å². The van der Waals surface area contributed by atoms with Gasteiger partial charge in [-0.2, -0.15) is 0 Å². The number of ether oxygens (including phenoxy) is 1. The van der Waals surface area contributed by atoms with E-state index in [2.05, 4.69) is 32.2 Å². The van der Waals surface area contributed by atoms with Crippen LogP contribution in [-0.2, 0) is 0 Å². The molecule has 0 bridgehead atoms. The van der Waals surface area contributed by atoms with Crippen molar-refractivity contribution in [2.24, 2.45) is 0 Å². The summed E-state index contributed by atoms with van der Waals surface area (Å²) in [5, 5.41) is 4.15. The molecule has 8 nitrogen and oxygen atoms in total. The average Bonchev–Trinajstić information content (AvgIpc) is 3.11. The van der Waals surface area contributed by atoms with Crippen LogP contribution in [0.2, 0.25) is 0 Å². The number of pyridine rings is 1. The number of nitrogens with one attached hydrogen (secondary N) is 3. The van der Waals surface area contributed by atoms with Gasteiger partial charge in [-0.3, -0.25) is 10.1 Å². The normalized spacial score (nSPS) is 17.8. The highest BCUT2D eigenvalue weighted by Crippen LogP contribution is 2.29. The van der Waals surface area contributed by atoms with E-state index in [1.165, 1.54) is 0 Å². The third-order valence-corrected chi connectivity index (χ3v) is 5.27. The Morgan fingerprint density at radius 1 is 1.17 bits per heavy atom. The van der Waals surface area contributed by atoms with E-state index in [9.17, 15) is 4.79 Å². The van der Waals surface area contributed by atoms with Crippen LogP contribution in [0.1, 0.15) is 0 Å². The van der Waals surface area contributed by atoms with Gasteiger partial charge in [0.15, 0.2) is 6.23 Å². The van der Waals surface area contributed by atoms with Gasteiger partial charge in [0.2, 0.25) is 0 Å². The van der Waals surface area contributed by atoms with Crippen LogP contribution in [0.4, 0.5) is 5.69 Å². The van der Waals surface area contributed by atoms with E-state index in [4.69, 9.17) is 10.5 Å². The summed E-state index contributed by atoms with van der Waals surface area (Å²) >= 11 is 0. The van der Waals surface area contributed by atoms with Crippen LogP contribution < -0.4 is 21.3 Å². The number of anilines is 1. The summed E-state index contributed by atoms with van der Waals surface area (Å²) in [4.78, 5) is 25.6. The SMILES string of the molecule is CN1CCNC(Oc2ccc3nc(-c4c(N)c5ccccc5[nH]c4=O)[nH]c3c2)C1. The van der Waals surface area contributed by atoms with Gasteiger partial charge < -0.3 is 25.3 Å². The lowest BCUT2D eigenvalue weighted by molar-refractivity contribution is 0.0871. The molecule has 1 saturated heterocycles. The lowest BCUT2D eigenvalue weighted by atomic mass is 10.1. The van der Waals surface area contributed by atoms with Crippen LogP contribution >= 0.6 is 0 Å². The lowest BCUT2D eigenvalue weighted by Crippen LogP contribution is -2.51. The number of H-pyrrole nitrogens is 2. The topological polar surface area (TPSA) is 112 Å². The minimum atomic E-state index is -0.272. The van der Waals surface area contributed by atoms with Crippen molar-refractivity contribution in [1.29, 1.82) is 0 Å². The number of fused-ring (bicyclic) bond motifs is 2. The summed E-state index contributed by atoms with van der Waals surface area (Å²) in [5.74, 6) is 1.18. The summed E-state index contributed by atoms with van der Waals surface area (Å²) in [7, 11) is 2.08. The number of rotatable bonds is 3. The Morgan fingerprint density at radius 2 is 2.03 bits per heavy atom. The van der Waals surface area contributed by atoms with Gasteiger partial charge in [-0.15, -0.1) is 0 Å². The van der Waals surface area contributed by atoms with Gasteiger partial charge in [0.1, 0.15) is 17.1 Å². The van der Waals surface area contributed by atoms with Crippen molar-refractivity contribution in [3.63, 3.8) is 0 Å². The monoisotopic (exact) mass is 390 g/mol. The van der Waals surface area contributed by atoms with Crippen molar-refractivity contribution in [3.8, 4) is 17.1 Å². The van der Waals surface area contributed by atoms with Gasteiger partial charge in [0.05, 0.1) is 22.2 Å². The molecule has 0 radical (unpaired) electrons. The Balaban J connectivity index is 1.52. The molecule has 2 aromatic heterocycles. The number of nitrogens with two attached hydrogens (primary N) is 1. The van der Waals surface area contributed by atoms with Crippen molar-refractivity contribution in [1.82, 2.24) is 25.2 Å². The predicted molar refractivity (Wildman–Crippen MR) is 114 cm³/mol. The van der Waals surface area contributed by atoms with Crippen LogP contribution in [-0.4, -0.2) is 52.8 Å². The predicted octanol–water partition coefficient (Wildman–Crippen LogP) is 1.89. The Morgan fingerprint density at radius 3 is 2.90 bits per heavy atom. The standard InChI is InChI=1S/C21H22N6O2/c1-27-9-8-23-17(11-27)29-12-6-7-15-16(10-12)25-20(24-15)18-19(22)13-4-2-3-5-14(13)26-21(18)28/h2-7,10,17,23H,8-9,11H2,1H3,(H,24,25)(H3,22,26,28). The molecule has 0 spiro atoms. The molecule has 148 valence electrons. The summed E-state index contributed by atoms with van der Waals surface area (Å²) in [6.45, 7) is 2.71. The third-order valence-electron chi connectivity index (χ3n) is 5.27. The number of aromatic amines is 2. The first kappa shape index (κ1) is 17.7. The molecule has 1 unspecified atom stereocenters. The number of aromatic nitrogens is 3. The van der Waals surface area contributed by atoms with Crippen LogP contribution in [0.3, 0.4) is 0 Å². The van der Waals surface area contributed by atoms with E-state index >= 15 is 0 Å². The van der Waals surface area contributed by atoms with E-state index < -0.39 is 0 Å². The molecule has 29 heavy (non-hydrogen) atoms. The highest BCUT2D eigenvalue weighted by Gasteiger charge is 2.19. The Bertz CT molecular complexity index is 1260. The fourth-order valence-corrected chi connectivity index (χ4v) is 3.78. The van der Waals surface area contributed by atoms with E-state index in [0.29, 0.717) is 22.6 Å². The first-order valence-electron chi connectivity index (χ1n) is 9.58. The summed E-state index contributed by atoms with van der Waals surface area (Å²) in [6.07, 6.45) is -0.0624. The maximum Gasteiger partial charge on any atom is 0.261 e.